The van der Waals surface area contributed by atoms with Crippen LogP contribution in [0, 0.1) is 17.2 Å². The van der Waals surface area contributed by atoms with E-state index in [1.807, 2.05) is 32.0 Å². The van der Waals surface area contributed by atoms with Crippen LogP contribution >= 0.6 is 8.53 Å². The molecule has 1 fully saturated rings. The van der Waals surface area contributed by atoms with E-state index in [4.69, 9.17) is 23.8 Å². The second-order valence-corrected chi connectivity index (χ2v) is 9.77. The average Bonchev–Trinajstić information content (AvgIpc) is 2.99. The zero-order valence-corrected chi connectivity index (χ0v) is 20.2. The van der Waals surface area contributed by atoms with E-state index in [0.717, 1.165) is 0 Å². The number of esters is 1. The van der Waals surface area contributed by atoms with Crippen molar-refractivity contribution in [2.45, 2.75) is 78.4 Å². The number of carbonyl (C=O) groups is 1. The highest BCUT2D eigenvalue weighted by atomic mass is 31.2. The number of ether oxygens (including phenoxy) is 2. The van der Waals surface area contributed by atoms with Gasteiger partial charge in [0.25, 0.3) is 8.53 Å². The van der Waals surface area contributed by atoms with E-state index in [1.54, 1.807) is 12.1 Å². The summed E-state index contributed by atoms with van der Waals surface area (Å²) in [5.74, 6) is -0.322. The number of hydrogen-bond donors (Lipinski definition) is 0. The first-order chi connectivity index (χ1) is 14.8. The van der Waals surface area contributed by atoms with Crippen molar-refractivity contribution in [3.63, 3.8) is 0 Å². The fourth-order valence-corrected chi connectivity index (χ4v) is 5.23. The highest BCUT2D eigenvalue weighted by Crippen LogP contribution is 2.47. The predicted molar refractivity (Wildman–Crippen MR) is 120 cm³/mol. The van der Waals surface area contributed by atoms with Crippen molar-refractivity contribution in [3.8, 4) is 6.07 Å². The number of rotatable bonds is 11. The first-order valence-corrected chi connectivity index (χ1v) is 12.0. The quantitative estimate of drug-likeness (QED) is 0.269. The first kappa shape index (κ1) is 25.7. The number of hydrogen-bond acceptors (Lipinski definition) is 7. The van der Waals surface area contributed by atoms with E-state index in [9.17, 15) is 4.79 Å². The fourth-order valence-electron chi connectivity index (χ4n) is 3.62. The van der Waals surface area contributed by atoms with Gasteiger partial charge in [-0.1, -0.05) is 25.1 Å². The molecule has 0 aliphatic carbocycles. The van der Waals surface area contributed by atoms with E-state index in [-0.39, 0.29) is 42.8 Å². The maximum atomic E-state index is 12.6. The van der Waals surface area contributed by atoms with Gasteiger partial charge in [-0.25, -0.2) is 9.46 Å². The summed E-state index contributed by atoms with van der Waals surface area (Å²) in [5, 5.41) is 8.86. The van der Waals surface area contributed by atoms with Crippen molar-refractivity contribution >= 4 is 14.5 Å². The van der Waals surface area contributed by atoms with Crippen LogP contribution in [0.2, 0.25) is 0 Å². The molecule has 0 amide bonds. The van der Waals surface area contributed by atoms with Gasteiger partial charge in [-0.3, -0.25) is 0 Å². The summed E-state index contributed by atoms with van der Waals surface area (Å²) in [4.78, 5) is 12.6. The Bertz CT molecular complexity index is 716. The van der Waals surface area contributed by atoms with E-state index < -0.39 is 14.6 Å². The summed E-state index contributed by atoms with van der Waals surface area (Å²) in [7, 11) is -1.38. The highest BCUT2D eigenvalue weighted by molar-refractivity contribution is 7.44. The van der Waals surface area contributed by atoms with Crippen LogP contribution < -0.4 is 0 Å². The third kappa shape index (κ3) is 7.24. The summed E-state index contributed by atoms with van der Waals surface area (Å²) < 4.78 is 26.3. The van der Waals surface area contributed by atoms with Gasteiger partial charge < -0.3 is 18.5 Å². The largest absolute Gasteiger partial charge is 0.456 e. The second-order valence-electron chi connectivity index (χ2n) is 8.32. The lowest BCUT2D eigenvalue weighted by Gasteiger charge is -2.36. The average molecular weight is 451 g/mol. The zero-order chi connectivity index (χ0) is 23.0. The Labute approximate surface area is 187 Å². The van der Waals surface area contributed by atoms with E-state index in [0.29, 0.717) is 18.6 Å². The lowest BCUT2D eigenvalue weighted by Crippen LogP contribution is -2.37. The van der Waals surface area contributed by atoms with Gasteiger partial charge >= 0.3 is 5.97 Å². The molecular weight excluding hydrogens is 415 g/mol. The SMILES string of the molecule is CC(C)N(C(C)C)P(OCCC#N)OC[C@H]1O[C@@H](C)[C@H](C)[C@@H]1OC(=O)c1ccccc1. The van der Waals surface area contributed by atoms with E-state index >= 15 is 0 Å². The molecule has 1 heterocycles. The molecule has 1 aliphatic heterocycles. The Morgan fingerprint density at radius 3 is 2.39 bits per heavy atom. The molecule has 0 aromatic heterocycles. The van der Waals surface area contributed by atoms with Crippen molar-refractivity contribution in [3.05, 3.63) is 35.9 Å². The molecule has 0 N–H and O–H groups in total. The van der Waals surface area contributed by atoms with Crippen LogP contribution in [0.25, 0.3) is 0 Å². The number of nitrogens with zero attached hydrogens (tertiary/aromatic N) is 2. The molecule has 1 aromatic rings. The molecule has 2 rings (SSSR count). The molecule has 8 heteroatoms. The Kier molecular flexibility index (Phi) is 10.3. The molecule has 1 unspecified atom stereocenters. The molecule has 5 atom stereocenters. The molecule has 7 nitrogen and oxygen atoms in total. The van der Waals surface area contributed by atoms with Gasteiger partial charge in [0.2, 0.25) is 0 Å². The summed E-state index contributed by atoms with van der Waals surface area (Å²) in [6, 6.07) is 11.5. The van der Waals surface area contributed by atoms with Gasteiger partial charge in [0.1, 0.15) is 12.2 Å². The van der Waals surface area contributed by atoms with Gasteiger partial charge in [0.05, 0.1) is 37.4 Å². The van der Waals surface area contributed by atoms with Gasteiger partial charge in [-0.15, -0.1) is 0 Å². The molecule has 1 aromatic carbocycles. The molecule has 0 saturated carbocycles. The summed E-state index contributed by atoms with van der Waals surface area (Å²) >= 11 is 0. The minimum Gasteiger partial charge on any atom is -0.456 e. The highest BCUT2D eigenvalue weighted by Gasteiger charge is 2.43. The third-order valence-corrected chi connectivity index (χ3v) is 7.35. The molecule has 31 heavy (non-hydrogen) atoms. The first-order valence-electron chi connectivity index (χ1n) is 10.9. The van der Waals surface area contributed by atoms with Crippen LogP contribution in [0.4, 0.5) is 0 Å². The van der Waals surface area contributed by atoms with Gasteiger partial charge in [-0.2, -0.15) is 5.26 Å². The van der Waals surface area contributed by atoms with Crippen molar-refractivity contribution in [2.24, 2.45) is 5.92 Å². The number of benzene rings is 1. The maximum Gasteiger partial charge on any atom is 0.338 e. The minimum absolute atomic E-state index is 0.0401. The molecule has 0 bridgehead atoms. The van der Waals surface area contributed by atoms with Crippen molar-refractivity contribution < 1.29 is 23.3 Å². The van der Waals surface area contributed by atoms with Gasteiger partial charge in [0.15, 0.2) is 0 Å². The van der Waals surface area contributed by atoms with Crippen LogP contribution in [0.3, 0.4) is 0 Å². The lowest BCUT2D eigenvalue weighted by molar-refractivity contribution is -0.0295. The Balaban J connectivity index is 2.08. The van der Waals surface area contributed by atoms with Crippen LogP contribution in [-0.2, 0) is 18.5 Å². The normalized spacial score (nSPS) is 24.5. The van der Waals surface area contributed by atoms with Crippen LogP contribution in [0.15, 0.2) is 30.3 Å². The molecule has 1 aliphatic rings. The van der Waals surface area contributed by atoms with E-state index in [2.05, 4.69) is 38.4 Å². The number of nitriles is 1. The van der Waals surface area contributed by atoms with E-state index in [1.165, 1.54) is 0 Å². The summed E-state index contributed by atoms with van der Waals surface area (Å²) in [5.41, 5.74) is 0.516. The number of carbonyl (C=O) groups excluding carboxylic acids is 1. The van der Waals surface area contributed by atoms with Gasteiger partial charge in [-0.05, 0) is 46.8 Å². The summed E-state index contributed by atoms with van der Waals surface area (Å²) in [6.45, 7) is 12.9. The second kappa shape index (κ2) is 12.5. The van der Waals surface area contributed by atoms with Crippen LogP contribution in [-0.4, -0.2) is 54.2 Å². The maximum absolute atomic E-state index is 12.6. The van der Waals surface area contributed by atoms with Gasteiger partial charge in [0, 0.05) is 18.0 Å². The molecular formula is C23H35N2O5P. The van der Waals surface area contributed by atoms with Crippen LogP contribution in [0.1, 0.15) is 58.3 Å². The zero-order valence-electron chi connectivity index (χ0n) is 19.4. The van der Waals surface area contributed by atoms with Crippen molar-refractivity contribution in [2.75, 3.05) is 13.2 Å². The fraction of sp³-hybridized carbons (Fsp3) is 0.652. The molecule has 0 radical (unpaired) electrons. The smallest absolute Gasteiger partial charge is 0.338 e. The monoisotopic (exact) mass is 450 g/mol. The van der Waals surface area contributed by atoms with Crippen molar-refractivity contribution in [1.82, 2.24) is 4.67 Å². The van der Waals surface area contributed by atoms with Crippen LogP contribution in [0.5, 0.6) is 0 Å². The lowest BCUT2D eigenvalue weighted by atomic mass is 9.99. The van der Waals surface area contributed by atoms with Crippen molar-refractivity contribution in [1.29, 1.82) is 5.26 Å². The third-order valence-electron chi connectivity index (χ3n) is 5.28. The standard InChI is InChI=1S/C23H35N2O5P/c1-16(2)25(17(3)4)31(27-14-10-13-24)28-15-21-22(18(5)19(6)29-21)30-23(26)20-11-8-7-9-12-20/h7-9,11-12,16-19,21-22H,10,14-15H2,1-6H3/t18-,19-,21+,22-,31?/m0/s1. The minimum atomic E-state index is -1.38. The molecule has 0 spiro atoms. The predicted octanol–water partition coefficient (Wildman–Crippen LogP) is 4.93. The molecule has 172 valence electrons. The topological polar surface area (TPSA) is 81.0 Å². The Hall–Kier alpha value is -1.55. The summed E-state index contributed by atoms with van der Waals surface area (Å²) in [6.07, 6.45) is -0.551. The molecule has 1 saturated heterocycles. The Morgan fingerprint density at radius 2 is 1.81 bits per heavy atom. The Morgan fingerprint density at radius 1 is 1.16 bits per heavy atom.